The van der Waals surface area contributed by atoms with Gasteiger partial charge in [-0.2, -0.15) is 0 Å². The van der Waals surface area contributed by atoms with E-state index in [0.717, 1.165) is 17.0 Å². The number of rotatable bonds is 2. The van der Waals surface area contributed by atoms with Crippen LogP contribution in [0.25, 0.3) is 29.1 Å². The average Bonchev–Trinajstić information content (AvgIpc) is 2.74. The molecule has 0 N–H and O–H groups in total. The highest BCUT2D eigenvalue weighted by molar-refractivity contribution is 5.76. The molecule has 0 aliphatic carbocycles. The number of pyridine rings is 1. The van der Waals surface area contributed by atoms with E-state index in [4.69, 9.17) is 0 Å². The molecule has 0 unspecified atom stereocenters. The highest BCUT2D eigenvalue weighted by Gasteiger charge is 2.09. The van der Waals surface area contributed by atoms with Gasteiger partial charge >= 0.3 is 0 Å². The minimum absolute atomic E-state index is 0.622. The van der Waals surface area contributed by atoms with Crippen molar-refractivity contribution in [2.24, 2.45) is 0 Å². The topological polar surface area (TPSA) is 43.1 Å². The molecule has 0 bridgehead atoms. The monoisotopic (exact) mass is 222 g/mol. The van der Waals surface area contributed by atoms with Gasteiger partial charge in [-0.25, -0.2) is 15.0 Å². The van der Waals surface area contributed by atoms with Crippen LogP contribution in [0, 0.1) is 0 Å². The van der Waals surface area contributed by atoms with Gasteiger partial charge in [0, 0.05) is 6.20 Å². The second-order valence-corrected chi connectivity index (χ2v) is 3.59. The molecule has 0 aromatic carbocycles. The predicted molar refractivity (Wildman–Crippen MR) is 68.5 cm³/mol. The van der Waals surface area contributed by atoms with Crippen LogP contribution in [0.1, 0.15) is 11.4 Å². The summed E-state index contributed by atoms with van der Waals surface area (Å²) in [4.78, 5) is 13.3. The smallest absolute Gasteiger partial charge is 0.198 e. The van der Waals surface area contributed by atoms with Crippen LogP contribution in [0.5, 0.6) is 0 Å². The number of nitrogens with zero attached hydrogens (tertiary/aromatic N) is 4. The van der Waals surface area contributed by atoms with Crippen LogP contribution in [0.4, 0.5) is 0 Å². The lowest BCUT2D eigenvalue weighted by Gasteiger charge is -1.99. The van der Waals surface area contributed by atoms with Crippen LogP contribution < -0.4 is 0 Å². The van der Waals surface area contributed by atoms with Gasteiger partial charge in [0.1, 0.15) is 5.65 Å². The molecule has 82 valence electrons. The number of imidazole rings is 1. The molecular formula is C13H10N4. The van der Waals surface area contributed by atoms with Crippen LogP contribution in [0.2, 0.25) is 0 Å². The Morgan fingerprint density at radius 1 is 1.00 bits per heavy atom. The molecule has 4 nitrogen and oxygen atoms in total. The summed E-state index contributed by atoms with van der Waals surface area (Å²) in [5.74, 6) is 0. The van der Waals surface area contributed by atoms with Crippen molar-refractivity contribution < 1.29 is 0 Å². The first kappa shape index (κ1) is 9.72. The van der Waals surface area contributed by atoms with Crippen molar-refractivity contribution in [2.45, 2.75) is 0 Å². The van der Waals surface area contributed by atoms with E-state index >= 15 is 0 Å². The fourth-order valence-electron chi connectivity index (χ4n) is 1.79. The van der Waals surface area contributed by atoms with Gasteiger partial charge in [-0.1, -0.05) is 19.2 Å². The lowest BCUT2D eigenvalue weighted by molar-refractivity contribution is 1.16. The molecule has 0 aliphatic heterocycles. The molecule has 0 aliphatic rings. The molecule has 0 amide bonds. The Bertz CT molecular complexity index is 740. The molecule has 0 atom stereocenters. The molecule has 0 radical (unpaired) electrons. The molecule has 0 saturated carbocycles. The number of aromatic nitrogens is 4. The minimum atomic E-state index is 0.622. The lowest BCUT2D eigenvalue weighted by atomic mass is 10.3. The summed E-state index contributed by atoms with van der Waals surface area (Å²) < 4.78 is 1.90. The average molecular weight is 222 g/mol. The van der Waals surface area contributed by atoms with E-state index in [0.29, 0.717) is 11.3 Å². The van der Waals surface area contributed by atoms with Gasteiger partial charge in [0.15, 0.2) is 11.3 Å². The van der Waals surface area contributed by atoms with Gasteiger partial charge < -0.3 is 0 Å². The summed E-state index contributed by atoms with van der Waals surface area (Å²) >= 11 is 0. The predicted octanol–water partition coefficient (Wildman–Crippen LogP) is 2.56. The Morgan fingerprint density at radius 2 is 1.76 bits per heavy atom. The molecule has 3 heterocycles. The zero-order valence-corrected chi connectivity index (χ0v) is 9.17. The highest BCUT2D eigenvalue weighted by atomic mass is 15.1. The summed E-state index contributed by atoms with van der Waals surface area (Å²) in [6, 6.07) is 5.79. The zero-order chi connectivity index (χ0) is 11.8. The van der Waals surface area contributed by atoms with Crippen LogP contribution in [0.15, 0.2) is 37.6 Å². The first-order valence-corrected chi connectivity index (χ1v) is 5.23. The van der Waals surface area contributed by atoms with Crippen molar-refractivity contribution in [2.75, 3.05) is 0 Å². The fraction of sp³-hybridized carbons (Fsp3) is 0. The SMILES string of the molecule is C=Cc1nc2nc3ccccn3c2nc1C=C. The van der Waals surface area contributed by atoms with E-state index in [9.17, 15) is 0 Å². The molecule has 17 heavy (non-hydrogen) atoms. The van der Waals surface area contributed by atoms with Crippen molar-refractivity contribution in [3.05, 3.63) is 48.9 Å². The van der Waals surface area contributed by atoms with E-state index in [1.165, 1.54) is 0 Å². The largest absolute Gasteiger partial charge is 0.283 e. The molecule has 0 spiro atoms. The van der Waals surface area contributed by atoms with Gasteiger partial charge in [-0.3, -0.25) is 4.40 Å². The first-order chi connectivity index (χ1) is 8.33. The maximum Gasteiger partial charge on any atom is 0.198 e. The zero-order valence-electron chi connectivity index (χ0n) is 9.17. The van der Waals surface area contributed by atoms with Gasteiger partial charge in [0.05, 0.1) is 11.4 Å². The first-order valence-electron chi connectivity index (χ1n) is 5.23. The highest BCUT2D eigenvalue weighted by Crippen LogP contribution is 2.16. The molecular weight excluding hydrogens is 212 g/mol. The Kier molecular flexibility index (Phi) is 2.01. The Balaban J connectivity index is 2.49. The minimum Gasteiger partial charge on any atom is -0.283 e. The third-order valence-electron chi connectivity index (χ3n) is 2.59. The molecule has 0 fully saturated rings. The van der Waals surface area contributed by atoms with E-state index in [1.807, 2.05) is 28.8 Å². The lowest BCUT2D eigenvalue weighted by Crippen LogP contribution is -1.94. The van der Waals surface area contributed by atoms with Crippen LogP contribution in [-0.4, -0.2) is 19.4 Å². The van der Waals surface area contributed by atoms with Crippen molar-refractivity contribution >= 4 is 29.1 Å². The third-order valence-corrected chi connectivity index (χ3v) is 2.59. The fourth-order valence-corrected chi connectivity index (χ4v) is 1.79. The number of hydrogen-bond donors (Lipinski definition) is 0. The van der Waals surface area contributed by atoms with Crippen LogP contribution in [0.3, 0.4) is 0 Å². The van der Waals surface area contributed by atoms with Gasteiger partial charge in [-0.15, -0.1) is 0 Å². The normalized spacial score (nSPS) is 10.8. The quantitative estimate of drug-likeness (QED) is 0.669. The molecule has 0 saturated heterocycles. The summed E-state index contributed by atoms with van der Waals surface area (Å²) in [7, 11) is 0. The van der Waals surface area contributed by atoms with E-state index < -0.39 is 0 Å². The van der Waals surface area contributed by atoms with Gasteiger partial charge in [-0.05, 0) is 24.3 Å². The van der Waals surface area contributed by atoms with Crippen molar-refractivity contribution in [3.63, 3.8) is 0 Å². The van der Waals surface area contributed by atoms with E-state index in [2.05, 4.69) is 28.1 Å². The maximum absolute atomic E-state index is 4.50. The van der Waals surface area contributed by atoms with E-state index in [1.54, 1.807) is 12.2 Å². The standard InChI is InChI=1S/C13H10N4/c1-3-9-10(4-2)15-13-12(14-9)16-11-7-5-6-8-17(11)13/h3-8H,1-2H2. The van der Waals surface area contributed by atoms with Crippen molar-refractivity contribution in [3.8, 4) is 0 Å². The summed E-state index contributed by atoms with van der Waals surface area (Å²) in [6.45, 7) is 7.45. The second-order valence-electron chi connectivity index (χ2n) is 3.59. The van der Waals surface area contributed by atoms with Crippen LogP contribution in [-0.2, 0) is 0 Å². The van der Waals surface area contributed by atoms with Crippen LogP contribution >= 0.6 is 0 Å². The number of hydrogen-bond acceptors (Lipinski definition) is 3. The summed E-state index contributed by atoms with van der Waals surface area (Å²) in [5, 5.41) is 0. The van der Waals surface area contributed by atoms with E-state index in [-0.39, 0.29) is 0 Å². The number of fused-ring (bicyclic) bond motifs is 3. The molecule has 3 rings (SSSR count). The second kappa shape index (κ2) is 3.52. The summed E-state index contributed by atoms with van der Waals surface area (Å²) in [5.41, 5.74) is 3.62. The third kappa shape index (κ3) is 1.34. The Hall–Kier alpha value is -2.49. The Labute approximate surface area is 98.0 Å². The van der Waals surface area contributed by atoms with Crippen molar-refractivity contribution in [1.29, 1.82) is 0 Å². The Morgan fingerprint density at radius 3 is 2.53 bits per heavy atom. The van der Waals surface area contributed by atoms with Gasteiger partial charge in [0.25, 0.3) is 0 Å². The van der Waals surface area contributed by atoms with Crippen molar-refractivity contribution in [1.82, 2.24) is 19.4 Å². The van der Waals surface area contributed by atoms with Gasteiger partial charge in [0.2, 0.25) is 0 Å². The maximum atomic E-state index is 4.50. The molecule has 3 aromatic rings. The molecule has 4 heteroatoms. The summed E-state index contributed by atoms with van der Waals surface area (Å²) in [6.07, 6.45) is 5.25. The molecule has 3 aromatic heterocycles.